The van der Waals surface area contributed by atoms with E-state index in [0.29, 0.717) is 5.56 Å². The van der Waals surface area contributed by atoms with Crippen molar-refractivity contribution in [2.45, 2.75) is 0 Å². The van der Waals surface area contributed by atoms with Crippen molar-refractivity contribution in [3.63, 3.8) is 0 Å². The fourth-order valence-electron chi connectivity index (χ4n) is 1.13. The highest BCUT2D eigenvalue weighted by atomic mass is 19.1. The van der Waals surface area contributed by atoms with Gasteiger partial charge in [-0.2, -0.15) is 5.10 Å². The van der Waals surface area contributed by atoms with Gasteiger partial charge in [-0.05, 0) is 28.0 Å². The number of hydrogen-bond acceptors (Lipinski definition) is 6. The second kappa shape index (κ2) is 5.04. The van der Waals surface area contributed by atoms with E-state index in [1.807, 2.05) is 0 Å². The molecule has 1 heterocycles. The largest absolute Gasteiger partial charge is 0.380 e. The molecule has 0 amide bonds. The smallest absolute Gasteiger partial charge is 0.199 e. The van der Waals surface area contributed by atoms with Crippen molar-refractivity contribution in [3.05, 3.63) is 41.3 Å². The van der Waals surface area contributed by atoms with Gasteiger partial charge in [0.1, 0.15) is 5.82 Å². The predicted molar refractivity (Wildman–Crippen MR) is 63.4 cm³/mol. The minimum Gasteiger partial charge on any atom is -0.380 e. The molecule has 0 fully saturated rings. The monoisotopic (exact) mass is 248 g/mol. The fraction of sp³-hybridized carbons (Fsp3) is 0. The standard InChI is InChI=1S/C10H9FN6O/c11-7-3-1-6(2-4-7)5-14-15-9(12)8-10(13)17-18-16-8/h1-5H,(H2,12,15)(H2,13,17)/b14-5+. The molecule has 18 heavy (non-hydrogen) atoms. The second-order valence-corrected chi connectivity index (χ2v) is 3.28. The van der Waals surface area contributed by atoms with E-state index in [4.69, 9.17) is 11.5 Å². The molecule has 8 heteroatoms. The minimum absolute atomic E-state index is 0.0212. The summed E-state index contributed by atoms with van der Waals surface area (Å²) in [5, 5.41) is 14.2. The first-order valence-corrected chi connectivity index (χ1v) is 4.87. The first-order valence-electron chi connectivity index (χ1n) is 4.87. The molecule has 2 rings (SSSR count). The number of benzene rings is 1. The van der Waals surface area contributed by atoms with Gasteiger partial charge in [-0.25, -0.2) is 9.02 Å². The number of amidine groups is 1. The average molecular weight is 248 g/mol. The Morgan fingerprint density at radius 2 is 2.00 bits per heavy atom. The van der Waals surface area contributed by atoms with Gasteiger partial charge < -0.3 is 11.5 Å². The summed E-state index contributed by atoms with van der Waals surface area (Å²) in [5.41, 5.74) is 11.8. The van der Waals surface area contributed by atoms with Gasteiger partial charge in [0, 0.05) is 0 Å². The molecule has 0 unspecified atom stereocenters. The summed E-state index contributed by atoms with van der Waals surface area (Å²) in [6, 6.07) is 5.73. The minimum atomic E-state index is -0.323. The molecule has 1 aromatic carbocycles. The zero-order valence-electron chi connectivity index (χ0n) is 9.12. The summed E-state index contributed by atoms with van der Waals surface area (Å²) in [6.45, 7) is 0. The molecule has 1 aromatic heterocycles. The summed E-state index contributed by atoms with van der Waals surface area (Å²) < 4.78 is 17.0. The molecule has 7 nitrogen and oxygen atoms in total. The van der Waals surface area contributed by atoms with Gasteiger partial charge >= 0.3 is 0 Å². The Bertz CT molecular complexity index is 589. The molecule has 2 aromatic rings. The number of halogens is 1. The van der Waals surface area contributed by atoms with Gasteiger partial charge in [0.25, 0.3) is 0 Å². The van der Waals surface area contributed by atoms with Gasteiger partial charge in [0.2, 0.25) is 0 Å². The highest BCUT2D eigenvalue weighted by Gasteiger charge is 2.09. The van der Waals surface area contributed by atoms with Crippen LogP contribution in [0.15, 0.2) is 39.1 Å². The predicted octanol–water partition coefficient (Wildman–Crippen LogP) is 0.530. The molecular formula is C10H9FN6O. The summed E-state index contributed by atoms with van der Waals surface area (Å²) in [5.74, 6) is -0.308. The van der Waals surface area contributed by atoms with E-state index < -0.39 is 0 Å². The van der Waals surface area contributed by atoms with Crippen LogP contribution in [0, 0.1) is 5.82 Å². The molecule has 0 saturated heterocycles. The van der Waals surface area contributed by atoms with Crippen molar-refractivity contribution in [3.8, 4) is 0 Å². The van der Waals surface area contributed by atoms with Crippen LogP contribution in [0.3, 0.4) is 0 Å². The van der Waals surface area contributed by atoms with Crippen LogP contribution in [0.2, 0.25) is 0 Å². The number of anilines is 1. The molecule has 0 aliphatic heterocycles. The van der Waals surface area contributed by atoms with Crippen LogP contribution in [-0.4, -0.2) is 22.4 Å². The fourth-order valence-corrected chi connectivity index (χ4v) is 1.13. The molecule has 0 spiro atoms. The van der Waals surface area contributed by atoms with Gasteiger partial charge in [0.05, 0.1) is 6.21 Å². The second-order valence-electron chi connectivity index (χ2n) is 3.28. The molecule has 4 N–H and O–H groups in total. The molecule has 0 aliphatic carbocycles. The third kappa shape index (κ3) is 2.67. The van der Waals surface area contributed by atoms with Crippen LogP contribution in [0.5, 0.6) is 0 Å². The van der Waals surface area contributed by atoms with Crippen LogP contribution >= 0.6 is 0 Å². The van der Waals surface area contributed by atoms with Gasteiger partial charge in [-0.1, -0.05) is 12.1 Å². The lowest BCUT2D eigenvalue weighted by Gasteiger charge is -1.92. The van der Waals surface area contributed by atoms with E-state index in [1.54, 1.807) is 12.1 Å². The lowest BCUT2D eigenvalue weighted by atomic mass is 10.2. The molecule has 0 radical (unpaired) electrons. The number of nitrogens with zero attached hydrogens (tertiary/aromatic N) is 4. The first-order chi connectivity index (χ1) is 8.66. The lowest BCUT2D eigenvalue weighted by Crippen LogP contribution is -2.15. The quantitative estimate of drug-likeness (QED) is 0.467. The number of hydrogen-bond donors (Lipinski definition) is 2. The van der Waals surface area contributed by atoms with Crippen molar-refractivity contribution in [1.29, 1.82) is 0 Å². The van der Waals surface area contributed by atoms with Crippen LogP contribution < -0.4 is 11.5 Å². The number of nitrogen functional groups attached to an aromatic ring is 1. The summed E-state index contributed by atoms with van der Waals surface area (Å²) in [7, 11) is 0. The number of aromatic nitrogens is 2. The summed E-state index contributed by atoms with van der Waals surface area (Å²) >= 11 is 0. The van der Waals surface area contributed by atoms with E-state index in [1.165, 1.54) is 18.3 Å². The molecule has 92 valence electrons. The zero-order valence-corrected chi connectivity index (χ0v) is 9.12. The van der Waals surface area contributed by atoms with E-state index in [9.17, 15) is 4.39 Å². The van der Waals surface area contributed by atoms with Crippen molar-refractivity contribution in [2.24, 2.45) is 15.9 Å². The Hall–Kier alpha value is -2.77. The highest BCUT2D eigenvalue weighted by molar-refractivity contribution is 5.99. The summed E-state index contributed by atoms with van der Waals surface area (Å²) in [6.07, 6.45) is 1.41. The Kier molecular flexibility index (Phi) is 3.28. The van der Waals surface area contributed by atoms with E-state index in [2.05, 4.69) is 25.1 Å². The molecular weight excluding hydrogens is 239 g/mol. The van der Waals surface area contributed by atoms with Crippen molar-refractivity contribution < 1.29 is 9.02 Å². The Labute approximate surface area is 101 Å². The third-order valence-corrected chi connectivity index (χ3v) is 2.00. The van der Waals surface area contributed by atoms with Gasteiger partial charge in [-0.15, -0.1) is 5.10 Å². The topological polar surface area (TPSA) is 116 Å². The van der Waals surface area contributed by atoms with Gasteiger partial charge in [-0.3, -0.25) is 0 Å². The van der Waals surface area contributed by atoms with Crippen LogP contribution in [0.1, 0.15) is 11.3 Å². The van der Waals surface area contributed by atoms with Crippen molar-refractivity contribution >= 4 is 17.9 Å². The number of nitrogens with two attached hydrogens (primary N) is 2. The van der Waals surface area contributed by atoms with Crippen LogP contribution in [0.25, 0.3) is 0 Å². The SMILES string of the molecule is N/C(=N\N=C\c1ccc(F)cc1)c1nonc1N. The molecule has 0 atom stereocenters. The Morgan fingerprint density at radius 1 is 1.28 bits per heavy atom. The summed E-state index contributed by atoms with van der Waals surface area (Å²) in [4.78, 5) is 0. The van der Waals surface area contributed by atoms with Crippen LogP contribution in [0.4, 0.5) is 10.2 Å². The Balaban J connectivity index is 2.11. The first kappa shape index (κ1) is 11.7. The van der Waals surface area contributed by atoms with E-state index in [-0.39, 0.29) is 23.2 Å². The maximum Gasteiger partial charge on any atom is 0.199 e. The third-order valence-electron chi connectivity index (χ3n) is 2.00. The Morgan fingerprint density at radius 3 is 2.61 bits per heavy atom. The maximum absolute atomic E-state index is 12.6. The number of rotatable bonds is 3. The maximum atomic E-state index is 12.6. The molecule has 0 saturated carbocycles. The van der Waals surface area contributed by atoms with E-state index in [0.717, 1.165) is 0 Å². The van der Waals surface area contributed by atoms with Gasteiger partial charge in [0.15, 0.2) is 17.3 Å². The molecule has 0 bridgehead atoms. The zero-order chi connectivity index (χ0) is 13.0. The van der Waals surface area contributed by atoms with Crippen LogP contribution in [-0.2, 0) is 0 Å². The lowest BCUT2D eigenvalue weighted by molar-refractivity contribution is 0.308. The highest BCUT2D eigenvalue weighted by Crippen LogP contribution is 2.03. The molecule has 0 aliphatic rings. The van der Waals surface area contributed by atoms with E-state index >= 15 is 0 Å². The van der Waals surface area contributed by atoms with Crippen molar-refractivity contribution in [1.82, 2.24) is 10.3 Å². The van der Waals surface area contributed by atoms with Crippen molar-refractivity contribution in [2.75, 3.05) is 5.73 Å². The normalized spacial score (nSPS) is 12.2. The average Bonchev–Trinajstić information content (AvgIpc) is 2.78.